The molecule has 2 unspecified atom stereocenters. The van der Waals surface area contributed by atoms with Crippen LogP contribution < -0.4 is 10.9 Å². The van der Waals surface area contributed by atoms with E-state index in [4.69, 9.17) is 0 Å². The molecule has 3 rings (SSSR count). The van der Waals surface area contributed by atoms with E-state index in [0.29, 0.717) is 17.0 Å². The van der Waals surface area contributed by atoms with Crippen LogP contribution in [0.5, 0.6) is 0 Å². The molecule has 5 nitrogen and oxygen atoms in total. The normalized spacial score (nSPS) is 13.5. The first-order chi connectivity index (χ1) is 13.3. The van der Waals surface area contributed by atoms with Crippen LogP contribution in [0.4, 0.5) is 0 Å². The molecule has 0 aliphatic carbocycles. The molecule has 3 aromatic rings. The molecule has 0 aliphatic heterocycles. The minimum atomic E-state index is -0.266. The molecule has 1 amide bonds. The molecular weight excluding hydrogens is 458 g/mol. The molecule has 0 aliphatic rings. The number of rotatable bonds is 6. The molecular formula is C20H22BrN3O2S2. The van der Waals surface area contributed by atoms with Crippen molar-refractivity contribution < 1.29 is 4.79 Å². The number of aromatic nitrogens is 2. The zero-order valence-corrected chi connectivity index (χ0v) is 19.3. The molecule has 0 bridgehead atoms. The number of hydrogen-bond acceptors (Lipinski definition) is 5. The summed E-state index contributed by atoms with van der Waals surface area (Å²) in [7, 11) is 0. The van der Waals surface area contributed by atoms with Crippen molar-refractivity contribution in [3.63, 3.8) is 0 Å². The molecule has 0 saturated carbocycles. The summed E-state index contributed by atoms with van der Waals surface area (Å²) >= 11 is 6.51. The van der Waals surface area contributed by atoms with E-state index in [9.17, 15) is 9.59 Å². The van der Waals surface area contributed by atoms with Gasteiger partial charge in [-0.3, -0.25) is 9.59 Å². The molecule has 148 valence electrons. The van der Waals surface area contributed by atoms with Crippen LogP contribution in [0.1, 0.15) is 41.7 Å². The number of aromatic amines is 1. The minimum absolute atomic E-state index is 0.0421. The van der Waals surface area contributed by atoms with E-state index in [1.54, 1.807) is 0 Å². The summed E-state index contributed by atoms with van der Waals surface area (Å²) in [6.07, 6.45) is 0. The van der Waals surface area contributed by atoms with E-state index in [0.717, 1.165) is 25.3 Å². The van der Waals surface area contributed by atoms with E-state index in [-0.39, 0.29) is 22.8 Å². The Labute approximate surface area is 180 Å². The number of thioether (sulfide) groups is 1. The largest absolute Gasteiger partial charge is 0.349 e. The Kier molecular flexibility index (Phi) is 6.62. The van der Waals surface area contributed by atoms with E-state index < -0.39 is 0 Å². The first-order valence-electron chi connectivity index (χ1n) is 8.93. The fourth-order valence-corrected chi connectivity index (χ4v) is 5.32. The van der Waals surface area contributed by atoms with Gasteiger partial charge in [0.1, 0.15) is 10.7 Å². The summed E-state index contributed by atoms with van der Waals surface area (Å²) in [4.78, 5) is 34.2. The quantitative estimate of drug-likeness (QED) is 0.528. The SMILES string of the molecule is Cc1sc2nc(CSC(C)C(=O)NC(C)c3ccccc3Br)[nH]c(=O)c2c1C. The number of fused-ring (bicyclic) bond motifs is 1. The van der Waals surface area contributed by atoms with Crippen LogP contribution in [-0.4, -0.2) is 21.1 Å². The lowest BCUT2D eigenvalue weighted by atomic mass is 10.1. The lowest BCUT2D eigenvalue weighted by Crippen LogP contribution is -2.33. The van der Waals surface area contributed by atoms with E-state index in [1.165, 1.54) is 23.1 Å². The van der Waals surface area contributed by atoms with Crippen LogP contribution >= 0.6 is 39.0 Å². The zero-order chi connectivity index (χ0) is 20.4. The lowest BCUT2D eigenvalue weighted by molar-refractivity contribution is -0.120. The Morgan fingerprint density at radius 1 is 1.32 bits per heavy atom. The molecule has 0 saturated heterocycles. The number of hydrogen-bond donors (Lipinski definition) is 2. The molecule has 1 aromatic carbocycles. The van der Waals surface area contributed by atoms with Crippen molar-refractivity contribution in [1.82, 2.24) is 15.3 Å². The average Bonchev–Trinajstić information content (AvgIpc) is 2.94. The van der Waals surface area contributed by atoms with Crippen molar-refractivity contribution in [2.24, 2.45) is 0 Å². The van der Waals surface area contributed by atoms with Crippen molar-refractivity contribution in [2.75, 3.05) is 0 Å². The number of nitrogens with one attached hydrogen (secondary N) is 2. The fourth-order valence-electron chi connectivity index (χ4n) is 2.88. The van der Waals surface area contributed by atoms with Gasteiger partial charge < -0.3 is 10.3 Å². The van der Waals surface area contributed by atoms with Crippen molar-refractivity contribution in [1.29, 1.82) is 0 Å². The average molecular weight is 480 g/mol. The molecule has 0 spiro atoms. The maximum absolute atomic E-state index is 12.5. The lowest BCUT2D eigenvalue weighted by Gasteiger charge is -2.18. The Balaban J connectivity index is 1.64. The molecule has 2 atom stereocenters. The van der Waals surface area contributed by atoms with E-state index in [1.807, 2.05) is 52.0 Å². The van der Waals surface area contributed by atoms with Gasteiger partial charge >= 0.3 is 0 Å². The van der Waals surface area contributed by atoms with Gasteiger partial charge in [0.25, 0.3) is 5.56 Å². The van der Waals surface area contributed by atoms with Gasteiger partial charge in [0.2, 0.25) is 5.91 Å². The van der Waals surface area contributed by atoms with Gasteiger partial charge in [-0.15, -0.1) is 23.1 Å². The van der Waals surface area contributed by atoms with Crippen LogP contribution in [0, 0.1) is 13.8 Å². The number of carbonyl (C=O) groups is 1. The molecule has 0 radical (unpaired) electrons. The number of H-pyrrole nitrogens is 1. The summed E-state index contributed by atoms with van der Waals surface area (Å²) in [5.74, 6) is 1.03. The molecule has 2 heterocycles. The van der Waals surface area contributed by atoms with Crippen molar-refractivity contribution in [3.05, 3.63) is 60.9 Å². The first-order valence-corrected chi connectivity index (χ1v) is 11.6. The van der Waals surface area contributed by atoms with Crippen LogP contribution in [0.15, 0.2) is 33.5 Å². The molecule has 8 heteroatoms. The monoisotopic (exact) mass is 479 g/mol. The molecule has 2 N–H and O–H groups in total. The maximum Gasteiger partial charge on any atom is 0.259 e. The first kappa shape index (κ1) is 21.1. The number of nitrogens with zero attached hydrogens (tertiary/aromatic N) is 1. The summed E-state index contributed by atoms with van der Waals surface area (Å²) in [5, 5.41) is 3.45. The van der Waals surface area contributed by atoms with Gasteiger partial charge in [0, 0.05) is 9.35 Å². The van der Waals surface area contributed by atoms with Gasteiger partial charge in [-0.05, 0) is 44.9 Å². The number of benzene rings is 1. The van der Waals surface area contributed by atoms with Crippen LogP contribution in [0.2, 0.25) is 0 Å². The predicted octanol–water partition coefficient (Wildman–Crippen LogP) is 4.86. The summed E-state index contributed by atoms with van der Waals surface area (Å²) in [6.45, 7) is 7.76. The highest BCUT2D eigenvalue weighted by Gasteiger charge is 2.19. The van der Waals surface area contributed by atoms with Crippen LogP contribution in [0.25, 0.3) is 10.2 Å². The third-order valence-electron chi connectivity index (χ3n) is 4.66. The Bertz CT molecular complexity index is 1080. The number of thiophene rings is 1. The van der Waals surface area contributed by atoms with E-state index in [2.05, 4.69) is 31.2 Å². The van der Waals surface area contributed by atoms with Crippen LogP contribution in [0.3, 0.4) is 0 Å². The van der Waals surface area contributed by atoms with Crippen molar-refractivity contribution in [2.45, 2.75) is 44.7 Å². The highest BCUT2D eigenvalue weighted by atomic mass is 79.9. The van der Waals surface area contributed by atoms with Crippen LogP contribution in [-0.2, 0) is 10.5 Å². The van der Waals surface area contributed by atoms with Gasteiger partial charge in [0.05, 0.1) is 22.4 Å². The Morgan fingerprint density at radius 2 is 2.04 bits per heavy atom. The second-order valence-corrected chi connectivity index (χ2v) is 10.1. The maximum atomic E-state index is 12.5. The van der Waals surface area contributed by atoms with E-state index >= 15 is 0 Å². The predicted molar refractivity (Wildman–Crippen MR) is 121 cm³/mol. The Morgan fingerprint density at radius 3 is 2.75 bits per heavy atom. The smallest absolute Gasteiger partial charge is 0.259 e. The fraction of sp³-hybridized carbons (Fsp3) is 0.350. The topological polar surface area (TPSA) is 74.8 Å². The zero-order valence-electron chi connectivity index (χ0n) is 16.1. The minimum Gasteiger partial charge on any atom is -0.349 e. The summed E-state index contributed by atoms with van der Waals surface area (Å²) in [6, 6.07) is 7.75. The standard InChI is InChI=1S/C20H22BrN3O2S2/c1-10-12(3)28-20-17(10)19(26)23-16(24-20)9-27-13(4)18(25)22-11(2)14-7-5-6-8-15(14)21/h5-8,11,13H,9H2,1-4H3,(H,22,25)(H,23,24,26). The van der Waals surface area contributed by atoms with Crippen molar-refractivity contribution in [3.8, 4) is 0 Å². The third kappa shape index (κ3) is 4.50. The summed E-state index contributed by atoms with van der Waals surface area (Å²) in [5.41, 5.74) is 1.91. The van der Waals surface area contributed by atoms with Crippen molar-refractivity contribution >= 4 is 55.2 Å². The highest BCUT2D eigenvalue weighted by molar-refractivity contribution is 9.10. The van der Waals surface area contributed by atoms with Gasteiger partial charge in [-0.2, -0.15) is 0 Å². The number of halogens is 1. The number of carbonyl (C=O) groups excluding carboxylic acids is 1. The highest BCUT2D eigenvalue weighted by Crippen LogP contribution is 2.27. The second-order valence-electron chi connectivity index (χ2n) is 6.68. The number of aryl methyl sites for hydroxylation is 2. The third-order valence-corrected chi connectivity index (χ3v) is 7.64. The van der Waals surface area contributed by atoms with Gasteiger partial charge in [0.15, 0.2) is 0 Å². The molecule has 28 heavy (non-hydrogen) atoms. The second kappa shape index (κ2) is 8.80. The van der Waals surface area contributed by atoms with Gasteiger partial charge in [-0.1, -0.05) is 34.1 Å². The molecule has 0 fully saturated rings. The number of amides is 1. The Hall–Kier alpha value is -1.64. The van der Waals surface area contributed by atoms with Gasteiger partial charge in [-0.25, -0.2) is 4.98 Å². The summed E-state index contributed by atoms with van der Waals surface area (Å²) < 4.78 is 0.972. The molecule has 2 aromatic heterocycles.